The fourth-order valence-electron chi connectivity index (χ4n) is 3.85. The van der Waals surface area contributed by atoms with Crippen LogP contribution in [0.25, 0.3) is 16.6 Å². The SMILES string of the molecule is CCOc1cc(-c2ccc(NCCNC(=O)c3cc(C#CC4CC4)cnc3Cl)nc2)c2c(C#N)cnn2c1. The van der Waals surface area contributed by atoms with E-state index in [4.69, 9.17) is 16.3 Å². The van der Waals surface area contributed by atoms with Crippen LogP contribution in [0.1, 0.15) is 41.3 Å². The molecule has 4 heterocycles. The van der Waals surface area contributed by atoms with Crippen molar-refractivity contribution in [1.29, 1.82) is 5.26 Å². The van der Waals surface area contributed by atoms with Crippen LogP contribution in [-0.4, -0.2) is 45.2 Å². The van der Waals surface area contributed by atoms with Crippen LogP contribution in [0.2, 0.25) is 5.15 Å². The minimum atomic E-state index is -0.310. The number of rotatable bonds is 8. The molecule has 190 valence electrons. The number of pyridine rings is 3. The average molecular weight is 526 g/mol. The summed E-state index contributed by atoms with van der Waals surface area (Å²) in [6.07, 6.45) is 8.85. The van der Waals surface area contributed by atoms with Crippen molar-refractivity contribution < 1.29 is 9.53 Å². The lowest BCUT2D eigenvalue weighted by Crippen LogP contribution is -2.29. The summed E-state index contributed by atoms with van der Waals surface area (Å²) in [5.74, 6) is 7.66. The normalized spacial score (nSPS) is 12.3. The van der Waals surface area contributed by atoms with E-state index in [-0.39, 0.29) is 11.1 Å². The summed E-state index contributed by atoms with van der Waals surface area (Å²) >= 11 is 6.14. The van der Waals surface area contributed by atoms with Crippen molar-refractivity contribution in [3.8, 4) is 34.8 Å². The van der Waals surface area contributed by atoms with Crippen LogP contribution in [0.15, 0.2) is 49.1 Å². The molecule has 0 unspecified atom stereocenters. The predicted molar refractivity (Wildman–Crippen MR) is 144 cm³/mol. The van der Waals surface area contributed by atoms with Crippen molar-refractivity contribution in [1.82, 2.24) is 24.9 Å². The van der Waals surface area contributed by atoms with Gasteiger partial charge >= 0.3 is 0 Å². The maximum atomic E-state index is 12.6. The van der Waals surface area contributed by atoms with Crippen molar-refractivity contribution in [2.75, 3.05) is 25.0 Å². The number of nitrogens with zero attached hydrogens (tertiary/aromatic N) is 5. The second-order valence-electron chi connectivity index (χ2n) is 8.71. The number of aromatic nitrogens is 4. The highest BCUT2D eigenvalue weighted by Gasteiger charge is 2.18. The van der Waals surface area contributed by atoms with Gasteiger partial charge in [0.1, 0.15) is 22.8 Å². The first-order valence-corrected chi connectivity index (χ1v) is 12.6. The molecule has 10 heteroatoms. The van der Waals surface area contributed by atoms with Crippen LogP contribution in [0.3, 0.4) is 0 Å². The number of anilines is 1. The van der Waals surface area contributed by atoms with Gasteiger partial charge in [0, 0.05) is 48.1 Å². The Morgan fingerprint density at radius 3 is 2.82 bits per heavy atom. The van der Waals surface area contributed by atoms with Crippen molar-refractivity contribution in [2.24, 2.45) is 5.92 Å². The number of nitriles is 1. The molecule has 38 heavy (non-hydrogen) atoms. The van der Waals surface area contributed by atoms with E-state index in [1.165, 1.54) is 6.20 Å². The molecule has 0 saturated heterocycles. The molecule has 9 nitrogen and oxygen atoms in total. The summed E-state index contributed by atoms with van der Waals surface area (Å²) < 4.78 is 7.31. The number of hydrogen-bond acceptors (Lipinski definition) is 7. The zero-order valence-electron chi connectivity index (χ0n) is 20.7. The van der Waals surface area contributed by atoms with Crippen molar-refractivity contribution in [3.63, 3.8) is 0 Å². The predicted octanol–water partition coefficient (Wildman–Crippen LogP) is 4.32. The molecule has 0 atom stereocenters. The lowest BCUT2D eigenvalue weighted by Gasteiger charge is -2.11. The maximum absolute atomic E-state index is 12.6. The third kappa shape index (κ3) is 5.69. The number of halogens is 1. The van der Waals surface area contributed by atoms with Gasteiger partial charge in [0.25, 0.3) is 5.91 Å². The van der Waals surface area contributed by atoms with Gasteiger partial charge in [-0.3, -0.25) is 4.79 Å². The Hall–Kier alpha value is -4.60. The maximum Gasteiger partial charge on any atom is 0.254 e. The Bertz CT molecular complexity index is 1590. The topological polar surface area (TPSA) is 117 Å². The van der Waals surface area contributed by atoms with Crippen LogP contribution < -0.4 is 15.4 Å². The molecule has 1 saturated carbocycles. The summed E-state index contributed by atoms with van der Waals surface area (Å²) in [6.45, 7) is 3.23. The first-order valence-electron chi connectivity index (χ1n) is 12.3. The zero-order valence-corrected chi connectivity index (χ0v) is 21.4. The van der Waals surface area contributed by atoms with Gasteiger partial charge in [0.05, 0.1) is 35.6 Å². The summed E-state index contributed by atoms with van der Waals surface area (Å²) in [6, 6.07) is 9.49. The molecule has 0 bridgehead atoms. The summed E-state index contributed by atoms with van der Waals surface area (Å²) in [4.78, 5) is 21.2. The van der Waals surface area contributed by atoms with Crippen LogP contribution >= 0.6 is 11.6 Å². The van der Waals surface area contributed by atoms with Gasteiger partial charge in [-0.15, -0.1) is 0 Å². The molecule has 0 spiro atoms. The third-order valence-corrected chi connectivity index (χ3v) is 6.19. The largest absolute Gasteiger partial charge is 0.492 e. The van der Waals surface area contributed by atoms with Gasteiger partial charge in [-0.2, -0.15) is 10.4 Å². The van der Waals surface area contributed by atoms with E-state index in [2.05, 4.69) is 43.6 Å². The van der Waals surface area contributed by atoms with E-state index >= 15 is 0 Å². The first-order chi connectivity index (χ1) is 18.6. The quantitative estimate of drug-likeness (QED) is 0.200. The molecule has 0 aliphatic heterocycles. The van der Waals surface area contributed by atoms with Crippen LogP contribution in [-0.2, 0) is 0 Å². The van der Waals surface area contributed by atoms with Crippen LogP contribution in [0.5, 0.6) is 5.75 Å². The Morgan fingerprint density at radius 2 is 2.08 bits per heavy atom. The molecular weight excluding hydrogens is 502 g/mol. The van der Waals surface area contributed by atoms with Gasteiger partial charge < -0.3 is 15.4 Å². The highest BCUT2D eigenvalue weighted by atomic mass is 35.5. The highest BCUT2D eigenvalue weighted by Crippen LogP contribution is 2.31. The zero-order chi connectivity index (χ0) is 26.5. The molecule has 2 N–H and O–H groups in total. The summed E-state index contributed by atoms with van der Waals surface area (Å²) in [7, 11) is 0. The van der Waals surface area contributed by atoms with Gasteiger partial charge in [-0.25, -0.2) is 14.5 Å². The van der Waals surface area contributed by atoms with Crippen molar-refractivity contribution in [2.45, 2.75) is 19.8 Å². The van der Waals surface area contributed by atoms with Gasteiger partial charge in [0.2, 0.25) is 0 Å². The van der Waals surface area contributed by atoms with Crippen molar-refractivity contribution in [3.05, 3.63) is 70.9 Å². The lowest BCUT2D eigenvalue weighted by molar-refractivity contribution is 0.0955. The number of nitrogens with one attached hydrogen (secondary N) is 2. The summed E-state index contributed by atoms with van der Waals surface area (Å²) in [5, 5.41) is 20.0. The lowest BCUT2D eigenvalue weighted by atomic mass is 10.1. The number of carbonyl (C=O) groups is 1. The number of hydrogen-bond donors (Lipinski definition) is 2. The van der Waals surface area contributed by atoms with Crippen LogP contribution in [0, 0.1) is 29.1 Å². The van der Waals surface area contributed by atoms with E-state index in [1.807, 2.05) is 25.1 Å². The van der Waals surface area contributed by atoms with E-state index in [0.29, 0.717) is 59.4 Å². The minimum absolute atomic E-state index is 0.143. The Kier molecular flexibility index (Phi) is 7.39. The minimum Gasteiger partial charge on any atom is -0.492 e. The molecule has 1 aliphatic rings. The summed E-state index contributed by atoms with van der Waals surface area (Å²) in [5.41, 5.74) is 3.75. The van der Waals surface area contributed by atoms with E-state index in [0.717, 1.165) is 24.0 Å². The molecule has 1 aliphatic carbocycles. The average Bonchev–Trinajstić information content (AvgIpc) is 3.68. The van der Waals surface area contributed by atoms with Crippen molar-refractivity contribution >= 4 is 28.8 Å². The fraction of sp³-hybridized carbons (Fsp3) is 0.250. The standard InChI is InChI=1S/C28H24ClN7O2/c1-2-38-22-12-23(26-21(13-30)16-35-36(26)17-22)20-7-8-25(33-15-20)31-9-10-32-28(37)24-11-19(14-34-27(24)29)6-5-18-3-4-18/h7-8,11-12,14-18H,2-4,9-10H2,1H3,(H,31,33)(H,32,37). The molecule has 4 aromatic rings. The molecule has 1 amide bonds. The molecule has 4 aromatic heterocycles. The monoisotopic (exact) mass is 525 g/mol. The second kappa shape index (κ2) is 11.2. The number of ether oxygens (including phenoxy) is 1. The molecule has 0 radical (unpaired) electrons. The second-order valence-corrected chi connectivity index (χ2v) is 9.06. The smallest absolute Gasteiger partial charge is 0.254 e. The van der Waals surface area contributed by atoms with E-state index in [1.54, 1.807) is 29.2 Å². The number of carbonyl (C=O) groups excluding carboxylic acids is 1. The molecule has 5 rings (SSSR count). The van der Waals surface area contributed by atoms with Gasteiger partial charge in [-0.05, 0) is 44.0 Å². The number of fused-ring (bicyclic) bond motifs is 1. The Labute approximate surface area is 224 Å². The molecule has 1 fully saturated rings. The highest BCUT2D eigenvalue weighted by molar-refractivity contribution is 6.32. The van der Waals surface area contributed by atoms with E-state index in [9.17, 15) is 10.1 Å². The molecule has 0 aromatic carbocycles. The van der Waals surface area contributed by atoms with Gasteiger partial charge in [0.15, 0.2) is 0 Å². The van der Waals surface area contributed by atoms with Crippen LogP contribution in [0.4, 0.5) is 5.82 Å². The third-order valence-electron chi connectivity index (χ3n) is 5.89. The number of amides is 1. The van der Waals surface area contributed by atoms with Gasteiger partial charge in [-0.1, -0.05) is 23.4 Å². The Morgan fingerprint density at radius 1 is 1.21 bits per heavy atom. The first kappa shape index (κ1) is 25.1. The Balaban J connectivity index is 1.21. The molecular formula is C28H24ClN7O2. The fourth-order valence-corrected chi connectivity index (χ4v) is 4.04. The van der Waals surface area contributed by atoms with E-state index < -0.39 is 0 Å².